The molecule has 0 saturated heterocycles. The summed E-state index contributed by atoms with van der Waals surface area (Å²) in [5, 5.41) is 0. The van der Waals surface area contributed by atoms with Gasteiger partial charge in [-0.1, -0.05) is 32.6 Å². The predicted molar refractivity (Wildman–Crippen MR) is 105 cm³/mol. The number of hydrogen-bond acceptors (Lipinski definition) is 5. The molecule has 142 valence electrons. The van der Waals surface area contributed by atoms with Gasteiger partial charge >= 0.3 is 11.9 Å². The quantitative estimate of drug-likeness (QED) is 0.292. The number of hydrogen-bond donors (Lipinski definition) is 0. The Bertz CT molecular complexity index is 890. The first-order valence-corrected chi connectivity index (χ1v) is 9.52. The van der Waals surface area contributed by atoms with Gasteiger partial charge in [0.15, 0.2) is 11.6 Å². The van der Waals surface area contributed by atoms with Crippen LogP contribution >= 0.6 is 11.8 Å². The van der Waals surface area contributed by atoms with E-state index in [0.717, 1.165) is 10.5 Å². The molecule has 6 heteroatoms. The van der Waals surface area contributed by atoms with E-state index in [1.54, 1.807) is 45.0 Å². The highest BCUT2D eigenvalue weighted by Crippen LogP contribution is 2.34. The maximum atomic E-state index is 14.3. The SMILES string of the molecule is C=C(C)C(=O)Oc1ccc(-c2ccc(OC(=O)C(C)C)c(F)c2)cc1SC. The fraction of sp³-hybridized carbons (Fsp3) is 0.238. The predicted octanol–water partition coefficient (Wildman–Crippen LogP) is 5.26. The molecule has 0 unspecified atom stereocenters. The normalized spacial score (nSPS) is 10.6. The number of halogens is 1. The molecule has 0 aromatic heterocycles. The van der Waals surface area contributed by atoms with E-state index in [9.17, 15) is 14.0 Å². The van der Waals surface area contributed by atoms with Gasteiger partial charge in [-0.25, -0.2) is 9.18 Å². The van der Waals surface area contributed by atoms with Crippen LogP contribution in [0.15, 0.2) is 53.4 Å². The molecular weight excluding hydrogens is 367 g/mol. The standard InChI is InChI=1S/C21H21FO4S/c1-12(2)20(23)25-17-8-6-14(10-16(17)22)15-7-9-18(19(11-15)27-5)26-21(24)13(3)4/h6-12H,3H2,1-2,4-5H3. The summed E-state index contributed by atoms with van der Waals surface area (Å²) < 4.78 is 24.7. The first-order chi connectivity index (χ1) is 12.7. The second kappa shape index (κ2) is 8.86. The molecule has 4 nitrogen and oxygen atoms in total. The van der Waals surface area contributed by atoms with E-state index >= 15 is 0 Å². The van der Waals surface area contributed by atoms with Crippen LogP contribution in [0.1, 0.15) is 20.8 Å². The van der Waals surface area contributed by atoms with Gasteiger partial charge in [0.25, 0.3) is 0 Å². The molecule has 0 aliphatic rings. The van der Waals surface area contributed by atoms with Crippen LogP contribution in [0, 0.1) is 11.7 Å². The summed E-state index contributed by atoms with van der Waals surface area (Å²) in [5.74, 6) is -1.64. The first kappa shape index (κ1) is 20.7. The van der Waals surface area contributed by atoms with Gasteiger partial charge in [-0.3, -0.25) is 4.79 Å². The molecule has 0 atom stereocenters. The maximum Gasteiger partial charge on any atom is 0.338 e. The van der Waals surface area contributed by atoms with Crippen molar-refractivity contribution in [1.82, 2.24) is 0 Å². The van der Waals surface area contributed by atoms with E-state index in [0.29, 0.717) is 16.9 Å². The number of carbonyl (C=O) groups excluding carboxylic acids is 2. The highest BCUT2D eigenvalue weighted by Gasteiger charge is 2.15. The fourth-order valence-corrected chi connectivity index (χ4v) is 2.66. The average Bonchev–Trinajstić information content (AvgIpc) is 2.63. The summed E-state index contributed by atoms with van der Waals surface area (Å²) in [7, 11) is 0. The van der Waals surface area contributed by atoms with Crippen LogP contribution in [0.4, 0.5) is 4.39 Å². The lowest BCUT2D eigenvalue weighted by molar-refractivity contribution is -0.138. The van der Waals surface area contributed by atoms with Gasteiger partial charge in [0.2, 0.25) is 0 Å². The Morgan fingerprint density at radius 3 is 2.15 bits per heavy atom. The summed E-state index contributed by atoms with van der Waals surface area (Å²) in [6.45, 7) is 8.50. The molecule has 0 saturated carbocycles. The van der Waals surface area contributed by atoms with Gasteiger partial charge in [0, 0.05) is 5.57 Å². The van der Waals surface area contributed by atoms with Crippen LogP contribution < -0.4 is 9.47 Å². The molecule has 0 bridgehead atoms. The zero-order chi connectivity index (χ0) is 20.1. The largest absolute Gasteiger partial charge is 0.423 e. The lowest BCUT2D eigenvalue weighted by Crippen LogP contribution is -2.15. The van der Waals surface area contributed by atoms with Crippen molar-refractivity contribution in [2.75, 3.05) is 6.26 Å². The van der Waals surface area contributed by atoms with Crippen LogP contribution in [0.3, 0.4) is 0 Å². The van der Waals surface area contributed by atoms with E-state index in [4.69, 9.17) is 9.47 Å². The molecule has 0 aliphatic heterocycles. The van der Waals surface area contributed by atoms with Crippen molar-refractivity contribution in [2.45, 2.75) is 25.7 Å². The third kappa shape index (κ3) is 5.20. The van der Waals surface area contributed by atoms with Crippen molar-refractivity contribution in [3.8, 4) is 22.6 Å². The van der Waals surface area contributed by atoms with E-state index in [1.807, 2.05) is 6.26 Å². The Morgan fingerprint density at radius 2 is 1.63 bits per heavy atom. The summed E-state index contributed by atoms with van der Waals surface area (Å²) in [6, 6.07) is 9.61. The summed E-state index contributed by atoms with van der Waals surface area (Å²) in [4.78, 5) is 24.1. The topological polar surface area (TPSA) is 52.6 Å². The van der Waals surface area contributed by atoms with Crippen molar-refractivity contribution in [3.05, 3.63) is 54.4 Å². The van der Waals surface area contributed by atoms with Gasteiger partial charge in [-0.05, 0) is 48.6 Å². The van der Waals surface area contributed by atoms with E-state index in [2.05, 4.69) is 6.58 Å². The number of carbonyl (C=O) groups is 2. The molecule has 0 fully saturated rings. The maximum absolute atomic E-state index is 14.3. The zero-order valence-corrected chi connectivity index (χ0v) is 16.5. The first-order valence-electron chi connectivity index (χ1n) is 8.30. The Hall–Kier alpha value is -2.60. The number of ether oxygens (including phenoxy) is 2. The molecule has 0 spiro atoms. The minimum absolute atomic E-state index is 0.102. The van der Waals surface area contributed by atoms with Crippen molar-refractivity contribution in [1.29, 1.82) is 0 Å². The van der Waals surface area contributed by atoms with Gasteiger partial charge in [0.05, 0.1) is 10.8 Å². The van der Waals surface area contributed by atoms with Crippen molar-refractivity contribution in [2.24, 2.45) is 5.92 Å². The van der Waals surface area contributed by atoms with E-state index in [-0.39, 0.29) is 11.7 Å². The third-order valence-corrected chi connectivity index (χ3v) is 4.42. The van der Waals surface area contributed by atoms with Crippen LogP contribution in [0.2, 0.25) is 0 Å². The minimum atomic E-state index is -0.620. The van der Waals surface area contributed by atoms with E-state index < -0.39 is 17.8 Å². The van der Waals surface area contributed by atoms with Crippen molar-refractivity contribution in [3.63, 3.8) is 0 Å². The lowest BCUT2D eigenvalue weighted by atomic mass is 10.1. The molecule has 0 radical (unpaired) electrons. The second-order valence-corrected chi connectivity index (χ2v) is 7.10. The fourth-order valence-electron chi connectivity index (χ4n) is 2.11. The zero-order valence-electron chi connectivity index (χ0n) is 15.7. The summed E-state index contributed by atoms with van der Waals surface area (Å²) in [6.07, 6.45) is 1.85. The smallest absolute Gasteiger partial charge is 0.338 e. The molecule has 2 aromatic rings. The van der Waals surface area contributed by atoms with Gasteiger partial charge in [0.1, 0.15) is 5.75 Å². The average molecular weight is 388 g/mol. The van der Waals surface area contributed by atoms with Crippen molar-refractivity contribution < 1.29 is 23.5 Å². The highest BCUT2D eigenvalue weighted by atomic mass is 32.2. The molecule has 0 aliphatic carbocycles. The molecule has 2 aromatic carbocycles. The number of esters is 2. The van der Waals surface area contributed by atoms with E-state index in [1.165, 1.54) is 23.9 Å². The number of thioether (sulfide) groups is 1. The molecular formula is C21H21FO4S. The third-order valence-electron chi connectivity index (χ3n) is 3.66. The van der Waals surface area contributed by atoms with Crippen LogP contribution in [-0.2, 0) is 9.59 Å². The highest BCUT2D eigenvalue weighted by molar-refractivity contribution is 7.98. The Morgan fingerprint density at radius 1 is 1.04 bits per heavy atom. The molecule has 0 amide bonds. The minimum Gasteiger partial charge on any atom is -0.423 e. The number of rotatable bonds is 6. The number of benzene rings is 2. The Labute approximate surface area is 162 Å². The Kier molecular flexibility index (Phi) is 6.80. The van der Waals surface area contributed by atoms with Gasteiger partial charge in [-0.15, -0.1) is 11.8 Å². The molecule has 27 heavy (non-hydrogen) atoms. The lowest BCUT2D eigenvalue weighted by Gasteiger charge is -2.12. The van der Waals surface area contributed by atoms with Crippen molar-refractivity contribution >= 4 is 23.7 Å². The Balaban J connectivity index is 2.30. The van der Waals surface area contributed by atoms with Crippen LogP contribution in [-0.4, -0.2) is 18.2 Å². The van der Waals surface area contributed by atoms with Crippen LogP contribution in [0.25, 0.3) is 11.1 Å². The monoisotopic (exact) mass is 388 g/mol. The van der Waals surface area contributed by atoms with Gasteiger partial charge in [-0.2, -0.15) is 0 Å². The molecule has 0 heterocycles. The molecule has 0 N–H and O–H groups in total. The van der Waals surface area contributed by atoms with Gasteiger partial charge < -0.3 is 9.47 Å². The molecule has 2 rings (SSSR count). The summed E-state index contributed by atoms with van der Waals surface area (Å²) in [5.41, 5.74) is 1.67. The summed E-state index contributed by atoms with van der Waals surface area (Å²) >= 11 is 1.41. The van der Waals surface area contributed by atoms with Crippen LogP contribution in [0.5, 0.6) is 11.5 Å². The second-order valence-electron chi connectivity index (χ2n) is 6.26.